The summed E-state index contributed by atoms with van der Waals surface area (Å²) in [7, 11) is 0. The van der Waals surface area contributed by atoms with Crippen molar-refractivity contribution in [2.45, 2.75) is 39.2 Å². The van der Waals surface area contributed by atoms with Gasteiger partial charge in [-0.25, -0.2) is 4.79 Å². The number of nitrogens with zero attached hydrogens (tertiary/aromatic N) is 3. The van der Waals surface area contributed by atoms with Crippen LogP contribution in [0.4, 0.5) is 10.5 Å². The zero-order valence-corrected chi connectivity index (χ0v) is 16.0. The molecule has 2 aliphatic heterocycles. The molecule has 2 aliphatic rings. The van der Waals surface area contributed by atoms with Crippen molar-refractivity contribution in [2.24, 2.45) is 0 Å². The highest BCUT2D eigenvalue weighted by Gasteiger charge is 2.37. The van der Waals surface area contributed by atoms with Crippen molar-refractivity contribution in [3.05, 3.63) is 29.8 Å². The number of hydrogen-bond acceptors (Lipinski definition) is 4. The molecule has 2 saturated heterocycles. The fourth-order valence-corrected chi connectivity index (χ4v) is 3.62. The van der Waals surface area contributed by atoms with Crippen molar-refractivity contribution in [1.82, 2.24) is 9.80 Å². The molecule has 0 aromatic heterocycles. The number of rotatable bonds is 6. The van der Waals surface area contributed by atoms with Crippen LogP contribution < -0.4 is 4.90 Å². The van der Waals surface area contributed by atoms with Gasteiger partial charge in [0, 0.05) is 12.2 Å². The second-order valence-corrected chi connectivity index (χ2v) is 7.20. The van der Waals surface area contributed by atoms with Crippen LogP contribution in [-0.4, -0.2) is 66.5 Å². The molecule has 0 saturated carbocycles. The third-order valence-corrected chi connectivity index (χ3v) is 5.14. The summed E-state index contributed by atoms with van der Waals surface area (Å²) in [6.45, 7) is 5.34. The number of cyclic esters (lactones) is 1. The molecule has 1 aromatic rings. The molecular weight excluding hydrogens is 346 g/mol. The molecule has 0 aliphatic carbocycles. The summed E-state index contributed by atoms with van der Waals surface area (Å²) in [5.41, 5.74) is 1.97. The van der Waals surface area contributed by atoms with Crippen LogP contribution in [0.5, 0.6) is 0 Å². The Kier molecular flexibility index (Phi) is 5.98. The van der Waals surface area contributed by atoms with E-state index in [0.29, 0.717) is 19.7 Å². The van der Waals surface area contributed by atoms with Crippen LogP contribution >= 0.6 is 0 Å². The maximum Gasteiger partial charge on any atom is 0.410 e. The number of unbranched alkanes of at least 4 members (excludes halogenated alkanes) is 1. The van der Waals surface area contributed by atoms with Gasteiger partial charge < -0.3 is 14.5 Å². The molecule has 3 rings (SSSR count). The first kappa shape index (κ1) is 19.2. The van der Waals surface area contributed by atoms with E-state index in [-0.39, 0.29) is 30.9 Å². The van der Waals surface area contributed by atoms with Gasteiger partial charge in [0.15, 0.2) is 0 Å². The van der Waals surface area contributed by atoms with E-state index in [1.54, 1.807) is 9.80 Å². The predicted molar refractivity (Wildman–Crippen MR) is 101 cm³/mol. The molecule has 0 N–H and O–H groups in total. The van der Waals surface area contributed by atoms with E-state index >= 15 is 0 Å². The molecule has 1 atom stereocenters. The molecule has 27 heavy (non-hydrogen) atoms. The Morgan fingerprint density at radius 3 is 2.78 bits per heavy atom. The van der Waals surface area contributed by atoms with Gasteiger partial charge in [-0.3, -0.25) is 14.5 Å². The average Bonchev–Trinajstić information content (AvgIpc) is 3.05. The maximum atomic E-state index is 12.8. The number of amides is 3. The molecule has 0 spiro atoms. The number of aryl methyl sites for hydroxylation is 1. The summed E-state index contributed by atoms with van der Waals surface area (Å²) in [5, 5.41) is 0. The molecule has 2 heterocycles. The lowest BCUT2D eigenvalue weighted by Gasteiger charge is -2.41. The predicted octanol–water partition coefficient (Wildman–Crippen LogP) is 2.18. The van der Waals surface area contributed by atoms with Gasteiger partial charge in [0.25, 0.3) is 0 Å². The van der Waals surface area contributed by atoms with Crippen molar-refractivity contribution in [2.75, 3.05) is 37.7 Å². The summed E-state index contributed by atoms with van der Waals surface area (Å²) < 4.78 is 4.89. The van der Waals surface area contributed by atoms with Crippen LogP contribution in [0.15, 0.2) is 24.3 Å². The van der Waals surface area contributed by atoms with Gasteiger partial charge in [-0.15, -0.1) is 0 Å². The SMILES string of the molecule is CCCCC1CN(c2cccc(C)c2)C(=O)CN1C(=O)CN1CCOC1=O. The van der Waals surface area contributed by atoms with Gasteiger partial charge in [-0.2, -0.15) is 0 Å². The van der Waals surface area contributed by atoms with Gasteiger partial charge >= 0.3 is 6.09 Å². The van der Waals surface area contributed by atoms with E-state index in [0.717, 1.165) is 30.5 Å². The monoisotopic (exact) mass is 373 g/mol. The van der Waals surface area contributed by atoms with Crippen molar-refractivity contribution in [1.29, 1.82) is 0 Å². The van der Waals surface area contributed by atoms with Crippen LogP contribution in [0.1, 0.15) is 31.7 Å². The molecule has 146 valence electrons. The lowest BCUT2D eigenvalue weighted by Crippen LogP contribution is -2.59. The van der Waals surface area contributed by atoms with Gasteiger partial charge in [-0.05, 0) is 31.0 Å². The van der Waals surface area contributed by atoms with Crippen LogP contribution in [0.25, 0.3) is 0 Å². The number of piperazine rings is 1. The van der Waals surface area contributed by atoms with Gasteiger partial charge in [0.2, 0.25) is 11.8 Å². The number of anilines is 1. The normalized spacial score (nSPS) is 20.2. The van der Waals surface area contributed by atoms with Crippen molar-refractivity contribution in [3.63, 3.8) is 0 Å². The Bertz CT molecular complexity index is 721. The van der Waals surface area contributed by atoms with Crippen molar-refractivity contribution in [3.8, 4) is 0 Å². The summed E-state index contributed by atoms with van der Waals surface area (Å²) in [6, 6.07) is 7.81. The maximum absolute atomic E-state index is 12.8. The lowest BCUT2D eigenvalue weighted by molar-refractivity contribution is -0.140. The Labute approximate surface area is 159 Å². The Hall–Kier alpha value is -2.57. The first-order chi connectivity index (χ1) is 13.0. The number of carbonyl (C=O) groups excluding carboxylic acids is 3. The zero-order chi connectivity index (χ0) is 19.4. The highest BCUT2D eigenvalue weighted by atomic mass is 16.6. The fraction of sp³-hybridized carbons (Fsp3) is 0.550. The highest BCUT2D eigenvalue weighted by Crippen LogP contribution is 2.24. The smallest absolute Gasteiger partial charge is 0.410 e. The second kappa shape index (κ2) is 8.41. The largest absolute Gasteiger partial charge is 0.448 e. The Morgan fingerprint density at radius 1 is 1.30 bits per heavy atom. The molecule has 3 amide bonds. The summed E-state index contributed by atoms with van der Waals surface area (Å²) in [4.78, 5) is 42.1. The van der Waals surface area contributed by atoms with E-state index in [2.05, 4.69) is 6.92 Å². The number of carbonyl (C=O) groups is 3. The second-order valence-electron chi connectivity index (χ2n) is 7.20. The summed E-state index contributed by atoms with van der Waals surface area (Å²) in [5.74, 6) is -0.280. The van der Waals surface area contributed by atoms with Crippen LogP contribution in [0, 0.1) is 6.92 Å². The molecule has 2 fully saturated rings. The first-order valence-electron chi connectivity index (χ1n) is 9.57. The van der Waals surface area contributed by atoms with E-state index in [1.807, 2.05) is 31.2 Å². The number of benzene rings is 1. The molecule has 0 radical (unpaired) electrons. The topological polar surface area (TPSA) is 70.2 Å². The zero-order valence-electron chi connectivity index (χ0n) is 16.0. The lowest BCUT2D eigenvalue weighted by atomic mass is 10.0. The Morgan fingerprint density at radius 2 is 2.11 bits per heavy atom. The summed E-state index contributed by atoms with van der Waals surface area (Å²) >= 11 is 0. The minimum absolute atomic E-state index is 0.0286. The van der Waals surface area contributed by atoms with Gasteiger partial charge in [-0.1, -0.05) is 31.9 Å². The van der Waals surface area contributed by atoms with Crippen LogP contribution in [-0.2, 0) is 14.3 Å². The molecule has 7 nitrogen and oxygen atoms in total. The van der Waals surface area contributed by atoms with Gasteiger partial charge in [0.1, 0.15) is 19.7 Å². The van der Waals surface area contributed by atoms with E-state index in [4.69, 9.17) is 4.74 Å². The van der Waals surface area contributed by atoms with Crippen LogP contribution in [0.2, 0.25) is 0 Å². The number of hydrogen-bond donors (Lipinski definition) is 0. The van der Waals surface area contributed by atoms with E-state index < -0.39 is 6.09 Å². The Balaban J connectivity index is 1.75. The number of ether oxygens (including phenoxy) is 1. The third-order valence-electron chi connectivity index (χ3n) is 5.14. The fourth-order valence-electron chi connectivity index (χ4n) is 3.62. The van der Waals surface area contributed by atoms with E-state index in [9.17, 15) is 14.4 Å². The standard InChI is InChI=1S/C20H27N3O4/c1-3-4-7-17-12-22(16-8-5-6-15(2)11-16)19(25)14-23(17)18(24)13-21-9-10-27-20(21)26/h5-6,8,11,17H,3-4,7,9-10,12-14H2,1-2H3. The van der Waals surface area contributed by atoms with Crippen molar-refractivity contribution < 1.29 is 19.1 Å². The molecule has 1 unspecified atom stereocenters. The molecule has 1 aromatic carbocycles. The first-order valence-corrected chi connectivity index (χ1v) is 9.57. The van der Waals surface area contributed by atoms with Crippen LogP contribution in [0.3, 0.4) is 0 Å². The minimum atomic E-state index is -0.460. The summed E-state index contributed by atoms with van der Waals surface area (Å²) in [6.07, 6.45) is 2.38. The highest BCUT2D eigenvalue weighted by molar-refractivity contribution is 5.98. The molecular formula is C20H27N3O4. The van der Waals surface area contributed by atoms with Gasteiger partial charge in [0.05, 0.1) is 12.6 Å². The quantitative estimate of drug-likeness (QED) is 0.766. The molecule has 0 bridgehead atoms. The van der Waals surface area contributed by atoms with E-state index in [1.165, 1.54) is 4.90 Å². The minimum Gasteiger partial charge on any atom is -0.448 e. The van der Waals surface area contributed by atoms with Crippen molar-refractivity contribution >= 4 is 23.6 Å². The third kappa shape index (κ3) is 4.40. The average molecular weight is 373 g/mol. The molecule has 7 heteroatoms.